The third-order valence-electron chi connectivity index (χ3n) is 4.22. The first kappa shape index (κ1) is 19.7. The number of aromatic nitrogens is 1. The van der Waals surface area contributed by atoms with E-state index in [2.05, 4.69) is 15.6 Å². The molecule has 2 aromatic carbocycles. The number of carbonyl (C=O) groups excluding carboxylic acids is 1. The maximum absolute atomic E-state index is 12.5. The first-order valence-corrected chi connectivity index (χ1v) is 8.84. The summed E-state index contributed by atoms with van der Waals surface area (Å²) in [6.07, 6.45) is 3.15. The van der Waals surface area contributed by atoms with Crippen molar-refractivity contribution >= 4 is 17.3 Å². The third-order valence-corrected chi connectivity index (χ3v) is 4.22. The van der Waals surface area contributed by atoms with Gasteiger partial charge in [-0.05, 0) is 48.0 Å². The van der Waals surface area contributed by atoms with Crippen molar-refractivity contribution < 1.29 is 14.3 Å². The molecular weight excluding hydrogens is 368 g/mol. The van der Waals surface area contributed by atoms with E-state index >= 15 is 0 Å². The van der Waals surface area contributed by atoms with E-state index in [1.165, 1.54) is 6.20 Å². The van der Waals surface area contributed by atoms with Crippen molar-refractivity contribution in [1.82, 2.24) is 4.98 Å². The number of anilines is 2. The summed E-state index contributed by atoms with van der Waals surface area (Å²) in [6.45, 7) is 0.530. The van der Waals surface area contributed by atoms with E-state index in [4.69, 9.17) is 14.7 Å². The first-order valence-electron chi connectivity index (χ1n) is 8.84. The maximum atomic E-state index is 12.5. The Morgan fingerprint density at radius 1 is 1.00 bits per heavy atom. The summed E-state index contributed by atoms with van der Waals surface area (Å²) >= 11 is 0. The molecule has 0 unspecified atom stereocenters. The van der Waals surface area contributed by atoms with Gasteiger partial charge in [-0.3, -0.25) is 9.78 Å². The largest absolute Gasteiger partial charge is 0.493 e. The van der Waals surface area contributed by atoms with Crippen molar-refractivity contribution in [2.75, 3.05) is 24.9 Å². The van der Waals surface area contributed by atoms with Crippen LogP contribution < -0.4 is 20.1 Å². The zero-order valence-corrected chi connectivity index (χ0v) is 16.1. The zero-order valence-electron chi connectivity index (χ0n) is 16.1. The molecule has 1 aromatic heterocycles. The van der Waals surface area contributed by atoms with E-state index in [9.17, 15) is 4.79 Å². The number of hydrogen-bond acceptors (Lipinski definition) is 6. The van der Waals surface area contributed by atoms with Crippen LogP contribution in [0.3, 0.4) is 0 Å². The Balaban J connectivity index is 1.66. The second-order valence-electron chi connectivity index (χ2n) is 6.15. The highest BCUT2D eigenvalue weighted by Crippen LogP contribution is 2.27. The highest BCUT2D eigenvalue weighted by atomic mass is 16.5. The van der Waals surface area contributed by atoms with Crippen LogP contribution in [-0.2, 0) is 6.54 Å². The molecule has 0 spiro atoms. The first-order chi connectivity index (χ1) is 14.1. The van der Waals surface area contributed by atoms with Crippen molar-refractivity contribution in [3.8, 4) is 17.6 Å². The second-order valence-corrected chi connectivity index (χ2v) is 6.15. The molecule has 146 valence electrons. The number of amides is 1. The minimum Gasteiger partial charge on any atom is -0.493 e. The fourth-order valence-electron chi connectivity index (χ4n) is 2.69. The molecule has 7 heteroatoms. The summed E-state index contributed by atoms with van der Waals surface area (Å²) in [4.78, 5) is 16.6. The number of nitrogens with one attached hydrogen (secondary N) is 2. The smallest absolute Gasteiger partial charge is 0.257 e. The topological polar surface area (TPSA) is 96.3 Å². The zero-order chi connectivity index (χ0) is 20.6. The van der Waals surface area contributed by atoms with Crippen molar-refractivity contribution in [3.05, 3.63) is 77.6 Å². The molecule has 0 bridgehead atoms. The van der Waals surface area contributed by atoms with Gasteiger partial charge in [-0.2, -0.15) is 5.26 Å². The number of methoxy groups -OCH3 is 2. The molecule has 3 aromatic rings. The number of ether oxygens (including phenoxy) is 2. The van der Waals surface area contributed by atoms with Crippen LogP contribution in [0.15, 0.2) is 60.9 Å². The second kappa shape index (κ2) is 9.24. The Bertz CT molecular complexity index is 1040. The Morgan fingerprint density at radius 2 is 1.76 bits per heavy atom. The lowest BCUT2D eigenvalue weighted by Gasteiger charge is -2.11. The highest BCUT2D eigenvalue weighted by molar-refractivity contribution is 6.04. The lowest BCUT2D eigenvalue weighted by Crippen LogP contribution is -2.12. The van der Waals surface area contributed by atoms with Crippen LogP contribution in [0.1, 0.15) is 21.5 Å². The third kappa shape index (κ3) is 5.02. The summed E-state index contributed by atoms with van der Waals surface area (Å²) in [6, 6.07) is 16.1. The predicted molar refractivity (Wildman–Crippen MR) is 110 cm³/mol. The van der Waals surface area contributed by atoms with Gasteiger partial charge in [0.05, 0.1) is 37.1 Å². The molecule has 0 fully saturated rings. The number of benzene rings is 2. The molecule has 0 saturated carbocycles. The van der Waals surface area contributed by atoms with Gasteiger partial charge in [-0.25, -0.2) is 0 Å². The fraction of sp³-hybridized carbons (Fsp3) is 0.136. The van der Waals surface area contributed by atoms with Crippen LogP contribution in [0.4, 0.5) is 11.4 Å². The van der Waals surface area contributed by atoms with Crippen LogP contribution in [0.2, 0.25) is 0 Å². The van der Waals surface area contributed by atoms with Crippen molar-refractivity contribution in [2.24, 2.45) is 0 Å². The van der Waals surface area contributed by atoms with E-state index in [0.717, 1.165) is 5.56 Å². The Kier molecular flexibility index (Phi) is 6.28. The molecule has 0 aliphatic heterocycles. The van der Waals surface area contributed by atoms with Crippen LogP contribution in [0.25, 0.3) is 0 Å². The standard InChI is InChI=1S/C22H20N4O3/c1-28-20-8-5-16(9-21(20)29-2)12-25-19-10-17(13-24-14-19)22(27)26-18-6-3-15(11-23)4-7-18/h3-10,13-14,25H,12H2,1-2H3,(H,26,27). The minimum atomic E-state index is -0.281. The number of hydrogen-bond donors (Lipinski definition) is 2. The van der Waals surface area contributed by atoms with E-state index in [-0.39, 0.29) is 5.91 Å². The number of nitrogens with zero attached hydrogens (tertiary/aromatic N) is 2. The molecule has 3 rings (SSSR count). The summed E-state index contributed by atoms with van der Waals surface area (Å²) in [5.74, 6) is 1.04. The van der Waals surface area contributed by atoms with Gasteiger partial charge in [0.15, 0.2) is 11.5 Å². The Hall–Kier alpha value is -4.05. The summed E-state index contributed by atoms with van der Waals surface area (Å²) in [7, 11) is 3.19. The van der Waals surface area contributed by atoms with E-state index < -0.39 is 0 Å². The maximum Gasteiger partial charge on any atom is 0.257 e. The number of rotatable bonds is 7. The molecule has 29 heavy (non-hydrogen) atoms. The van der Waals surface area contributed by atoms with Gasteiger partial charge in [0.2, 0.25) is 0 Å². The van der Waals surface area contributed by atoms with Gasteiger partial charge in [0.1, 0.15) is 0 Å². The Morgan fingerprint density at radius 3 is 2.45 bits per heavy atom. The van der Waals surface area contributed by atoms with Gasteiger partial charge >= 0.3 is 0 Å². The van der Waals surface area contributed by atoms with Gasteiger partial charge in [0.25, 0.3) is 5.91 Å². The molecule has 0 saturated heterocycles. The van der Waals surface area contributed by atoms with Crippen LogP contribution in [0, 0.1) is 11.3 Å². The number of pyridine rings is 1. The molecular formula is C22H20N4O3. The summed E-state index contributed by atoms with van der Waals surface area (Å²) in [5, 5.41) is 14.9. The molecule has 7 nitrogen and oxygen atoms in total. The van der Waals surface area contributed by atoms with E-state index in [1.54, 1.807) is 50.7 Å². The lowest BCUT2D eigenvalue weighted by molar-refractivity contribution is 0.102. The fourth-order valence-corrected chi connectivity index (χ4v) is 2.69. The lowest BCUT2D eigenvalue weighted by atomic mass is 10.2. The van der Waals surface area contributed by atoms with Crippen LogP contribution in [-0.4, -0.2) is 25.1 Å². The minimum absolute atomic E-state index is 0.281. The average Bonchev–Trinajstić information content (AvgIpc) is 2.78. The molecule has 0 aliphatic carbocycles. The molecule has 0 atom stereocenters. The number of nitriles is 1. The van der Waals surface area contributed by atoms with Crippen molar-refractivity contribution in [2.45, 2.75) is 6.54 Å². The van der Waals surface area contributed by atoms with E-state index in [1.807, 2.05) is 24.3 Å². The molecule has 2 N–H and O–H groups in total. The average molecular weight is 388 g/mol. The molecule has 0 aliphatic rings. The van der Waals surface area contributed by atoms with Crippen LogP contribution in [0.5, 0.6) is 11.5 Å². The predicted octanol–water partition coefficient (Wildman–Crippen LogP) is 3.83. The van der Waals surface area contributed by atoms with Crippen molar-refractivity contribution in [1.29, 1.82) is 5.26 Å². The van der Waals surface area contributed by atoms with Gasteiger partial charge < -0.3 is 20.1 Å². The molecule has 0 radical (unpaired) electrons. The van der Waals surface area contributed by atoms with Crippen molar-refractivity contribution in [3.63, 3.8) is 0 Å². The quantitative estimate of drug-likeness (QED) is 0.638. The Labute approximate surface area is 168 Å². The summed E-state index contributed by atoms with van der Waals surface area (Å²) in [5.41, 5.74) is 3.28. The normalized spacial score (nSPS) is 9.97. The monoisotopic (exact) mass is 388 g/mol. The van der Waals surface area contributed by atoms with E-state index in [0.29, 0.717) is 40.5 Å². The number of carbonyl (C=O) groups is 1. The van der Waals surface area contributed by atoms with Gasteiger partial charge in [0, 0.05) is 24.6 Å². The molecule has 1 amide bonds. The van der Waals surface area contributed by atoms with Gasteiger partial charge in [-0.15, -0.1) is 0 Å². The van der Waals surface area contributed by atoms with Gasteiger partial charge in [-0.1, -0.05) is 6.07 Å². The summed E-state index contributed by atoms with van der Waals surface area (Å²) < 4.78 is 10.6. The SMILES string of the molecule is COc1ccc(CNc2cncc(C(=O)Nc3ccc(C#N)cc3)c2)cc1OC. The molecule has 1 heterocycles. The van der Waals surface area contributed by atoms with Crippen LogP contribution >= 0.6 is 0 Å². The highest BCUT2D eigenvalue weighted by Gasteiger charge is 2.09.